The number of amides is 2. The normalized spacial score (nSPS) is 16.7. The lowest BCUT2D eigenvalue weighted by molar-refractivity contribution is -0.327. The van der Waals surface area contributed by atoms with Crippen molar-refractivity contribution in [3.63, 3.8) is 0 Å². The van der Waals surface area contributed by atoms with Crippen LogP contribution in [-0.4, -0.2) is 119 Å². The Kier molecular flexibility index (Phi) is 15.4. The van der Waals surface area contributed by atoms with Crippen molar-refractivity contribution < 1.29 is 56.0 Å². The number of carbonyl (C=O) groups is 2. The standard InChI is InChI=1S/C32H53F3N2O9Si/c1-30(2,3)37(29(39)40)27(24-9-11-25(12-10-24)43-20-22-46-47(7,8)31(4,5)6)28(38)36-14-13-26(23-36)44-19-17-41-15-16-42-18-21-45-32(33,34)35/h9-12,26-27H,13-23H2,1-8H3,(H,39,40)/t26-,27-/m0/s1. The van der Waals surface area contributed by atoms with Crippen molar-refractivity contribution in [3.8, 4) is 5.75 Å². The molecule has 11 nitrogen and oxygen atoms in total. The van der Waals surface area contributed by atoms with Gasteiger partial charge in [0.1, 0.15) is 18.4 Å². The second-order valence-electron chi connectivity index (χ2n) is 13.8. The van der Waals surface area contributed by atoms with Gasteiger partial charge in [-0.25, -0.2) is 4.79 Å². The van der Waals surface area contributed by atoms with Gasteiger partial charge in [0.25, 0.3) is 0 Å². The fraction of sp³-hybridized carbons (Fsp3) is 0.750. The van der Waals surface area contributed by atoms with Crippen molar-refractivity contribution >= 4 is 20.3 Å². The van der Waals surface area contributed by atoms with E-state index in [1.165, 1.54) is 4.90 Å². The number of likely N-dealkylation sites (tertiary alicyclic amines) is 1. The van der Waals surface area contributed by atoms with Crippen LogP contribution >= 0.6 is 0 Å². The van der Waals surface area contributed by atoms with Crippen LogP contribution in [0.25, 0.3) is 0 Å². The zero-order valence-corrected chi connectivity index (χ0v) is 30.0. The van der Waals surface area contributed by atoms with Gasteiger partial charge in [-0.05, 0) is 63.0 Å². The van der Waals surface area contributed by atoms with Gasteiger partial charge in [0.2, 0.25) is 5.91 Å². The van der Waals surface area contributed by atoms with Crippen LogP contribution < -0.4 is 4.74 Å². The molecule has 1 saturated heterocycles. The number of carbonyl (C=O) groups excluding carboxylic acids is 1. The second kappa shape index (κ2) is 17.8. The van der Waals surface area contributed by atoms with Crippen LogP contribution in [0.1, 0.15) is 59.6 Å². The molecule has 0 unspecified atom stereocenters. The monoisotopic (exact) mass is 694 g/mol. The molecule has 0 radical (unpaired) electrons. The van der Waals surface area contributed by atoms with Crippen molar-refractivity contribution in [2.75, 3.05) is 65.9 Å². The summed E-state index contributed by atoms with van der Waals surface area (Å²) < 4.78 is 67.8. The molecule has 0 aromatic heterocycles. The first-order chi connectivity index (χ1) is 21.7. The molecular formula is C32H53F3N2O9Si. The molecule has 1 aromatic carbocycles. The number of ether oxygens (including phenoxy) is 5. The van der Waals surface area contributed by atoms with Crippen LogP contribution in [0.5, 0.6) is 5.75 Å². The fourth-order valence-electron chi connectivity index (χ4n) is 4.66. The maximum atomic E-state index is 13.9. The third-order valence-electron chi connectivity index (χ3n) is 8.14. The minimum atomic E-state index is -4.68. The lowest BCUT2D eigenvalue weighted by Crippen LogP contribution is -2.52. The summed E-state index contributed by atoms with van der Waals surface area (Å²) in [6.07, 6.45) is -5.56. The summed E-state index contributed by atoms with van der Waals surface area (Å²) in [5.41, 5.74) is -0.341. The minimum absolute atomic E-state index is 0.0934. The number of carboxylic acid groups (broad SMARTS) is 1. The predicted octanol–water partition coefficient (Wildman–Crippen LogP) is 6.09. The van der Waals surface area contributed by atoms with Gasteiger partial charge >= 0.3 is 12.5 Å². The van der Waals surface area contributed by atoms with E-state index in [9.17, 15) is 27.9 Å². The summed E-state index contributed by atoms with van der Waals surface area (Å²) in [5, 5.41) is 10.3. The minimum Gasteiger partial charge on any atom is -0.491 e. The quantitative estimate of drug-likeness (QED) is 0.144. The average Bonchev–Trinajstić information content (AvgIpc) is 3.42. The second-order valence-corrected chi connectivity index (χ2v) is 18.6. The van der Waals surface area contributed by atoms with E-state index in [0.717, 1.165) is 0 Å². The van der Waals surface area contributed by atoms with Crippen LogP contribution in [0.15, 0.2) is 24.3 Å². The third-order valence-corrected chi connectivity index (χ3v) is 12.7. The van der Waals surface area contributed by atoms with E-state index in [4.69, 9.17) is 23.4 Å². The van der Waals surface area contributed by atoms with E-state index < -0.39 is 39.0 Å². The highest BCUT2D eigenvalue weighted by molar-refractivity contribution is 6.74. The molecule has 2 rings (SSSR count). The molecule has 47 heavy (non-hydrogen) atoms. The largest absolute Gasteiger partial charge is 0.522 e. The highest BCUT2D eigenvalue weighted by Crippen LogP contribution is 2.36. The molecule has 1 fully saturated rings. The molecule has 0 spiro atoms. The number of hydrogen-bond acceptors (Lipinski definition) is 8. The number of nitrogens with zero attached hydrogens (tertiary/aromatic N) is 2. The Morgan fingerprint density at radius 3 is 2.02 bits per heavy atom. The van der Waals surface area contributed by atoms with E-state index in [1.807, 2.05) is 0 Å². The number of benzene rings is 1. The van der Waals surface area contributed by atoms with Gasteiger partial charge in [-0.3, -0.25) is 14.4 Å². The van der Waals surface area contributed by atoms with Gasteiger partial charge in [-0.15, -0.1) is 13.2 Å². The predicted molar refractivity (Wildman–Crippen MR) is 172 cm³/mol. The molecule has 2 atom stereocenters. The topological polar surface area (TPSA) is 116 Å². The molecule has 270 valence electrons. The summed E-state index contributed by atoms with van der Waals surface area (Å²) in [4.78, 5) is 29.2. The van der Waals surface area contributed by atoms with E-state index in [2.05, 4.69) is 38.6 Å². The first-order valence-corrected chi connectivity index (χ1v) is 18.8. The molecule has 1 N–H and O–H groups in total. The molecule has 0 aliphatic carbocycles. The van der Waals surface area contributed by atoms with Crippen LogP contribution in [0.2, 0.25) is 18.1 Å². The van der Waals surface area contributed by atoms with Crippen molar-refractivity contribution in [1.29, 1.82) is 0 Å². The molecule has 15 heteroatoms. The molecule has 0 saturated carbocycles. The van der Waals surface area contributed by atoms with Crippen molar-refractivity contribution in [2.24, 2.45) is 0 Å². The maximum absolute atomic E-state index is 13.9. The fourth-order valence-corrected chi connectivity index (χ4v) is 5.68. The summed E-state index contributed by atoms with van der Waals surface area (Å²) >= 11 is 0. The molecular weight excluding hydrogens is 641 g/mol. The van der Waals surface area contributed by atoms with Gasteiger partial charge in [-0.2, -0.15) is 0 Å². The first kappa shape index (κ1) is 40.7. The van der Waals surface area contributed by atoms with Gasteiger partial charge in [0.05, 0.1) is 52.4 Å². The SMILES string of the molecule is CC(C)(C)N(C(=O)O)[C@H](C(=O)N1CC[C@H](OCCOCCOCCOC(F)(F)F)C1)c1ccc(OCCO[Si](C)(C)C(C)(C)C)cc1. The van der Waals surface area contributed by atoms with Gasteiger partial charge in [0.15, 0.2) is 8.32 Å². The van der Waals surface area contributed by atoms with E-state index >= 15 is 0 Å². The van der Waals surface area contributed by atoms with Crippen LogP contribution in [0.3, 0.4) is 0 Å². The zero-order valence-electron chi connectivity index (χ0n) is 29.0. The number of halogens is 3. The average molecular weight is 695 g/mol. The Balaban J connectivity index is 1.93. The van der Waals surface area contributed by atoms with E-state index in [1.54, 1.807) is 49.9 Å². The van der Waals surface area contributed by atoms with Gasteiger partial charge in [-0.1, -0.05) is 32.9 Å². The Hall–Kier alpha value is -2.43. The van der Waals surface area contributed by atoms with Crippen LogP contribution in [0, 0.1) is 0 Å². The summed E-state index contributed by atoms with van der Waals surface area (Å²) in [6, 6.07) is 5.85. The van der Waals surface area contributed by atoms with E-state index in [-0.39, 0.29) is 50.1 Å². The number of hydrogen-bond donors (Lipinski definition) is 1. The Labute approximate surface area is 277 Å². The van der Waals surface area contributed by atoms with Gasteiger partial charge in [0, 0.05) is 18.6 Å². The number of rotatable bonds is 18. The Bertz CT molecular complexity index is 1110. The van der Waals surface area contributed by atoms with Gasteiger partial charge < -0.3 is 33.4 Å². The molecule has 1 heterocycles. The molecule has 1 aromatic rings. The number of alkyl halides is 3. The van der Waals surface area contributed by atoms with Crippen molar-refractivity contribution in [3.05, 3.63) is 29.8 Å². The summed E-state index contributed by atoms with van der Waals surface area (Å²) in [5.74, 6) is 0.253. The summed E-state index contributed by atoms with van der Waals surface area (Å²) in [7, 11) is -1.90. The molecule has 1 aliphatic heterocycles. The zero-order chi connectivity index (χ0) is 35.5. The van der Waals surface area contributed by atoms with Crippen LogP contribution in [-0.2, 0) is 28.2 Å². The molecule has 2 amide bonds. The first-order valence-electron chi connectivity index (χ1n) is 15.9. The van der Waals surface area contributed by atoms with Crippen molar-refractivity contribution in [2.45, 2.75) is 90.1 Å². The molecule has 1 aliphatic rings. The van der Waals surface area contributed by atoms with Crippen LogP contribution in [0.4, 0.5) is 18.0 Å². The van der Waals surface area contributed by atoms with E-state index in [0.29, 0.717) is 44.0 Å². The third kappa shape index (κ3) is 13.9. The van der Waals surface area contributed by atoms with Crippen molar-refractivity contribution in [1.82, 2.24) is 9.80 Å². The lowest BCUT2D eigenvalue weighted by atomic mass is 9.97. The highest BCUT2D eigenvalue weighted by Gasteiger charge is 2.42. The highest BCUT2D eigenvalue weighted by atomic mass is 28.4. The lowest BCUT2D eigenvalue weighted by Gasteiger charge is -2.40. The smallest absolute Gasteiger partial charge is 0.491 e. The Morgan fingerprint density at radius 2 is 1.49 bits per heavy atom. The summed E-state index contributed by atoms with van der Waals surface area (Å²) in [6.45, 7) is 17.7. The Morgan fingerprint density at radius 1 is 0.915 bits per heavy atom. The molecule has 0 bridgehead atoms. The maximum Gasteiger partial charge on any atom is 0.522 e.